The Morgan fingerprint density at radius 3 is 2.38 bits per heavy atom. The second-order valence-electron chi connectivity index (χ2n) is 5.64. The minimum atomic E-state index is -0.316. The van der Waals surface area contributed by atoms with Crippen molar-refractivity contribution in [2.45, 2.75) is 23.8 Å². The van der Waals surface area contributed by atoms with E-state index in [2.05, 4.69) is 16.0 Å². The number of anilines is 2. The summed E-state index contributed by atoms with van der Waals surface area (Å²) >= 11 is 1.62. The highest BCUT2D eigenvalue weighted by Crippen LogP contribution is 2.20. The summed E-state index contributed by atoms with van der Waals surface area (Å²) in [6.07, 6.45) is 4.10. The first-order chi connectivity index (χ1) is 11.6. The number of carbonyl (C=O) groups excluding carboxylic acids is 2. The maximum atomic E-state index is 12.0. The molecule has 3 amide bonds. The predicted molar refractivity (Wildman–Crippen MR) is 97.8 cm³/mol. The van der Waals surface area contributed by atoms with Crippen molar-refractivity contribution in [2.24, 2.45) is 0 Å². The van der Waals surface area contributed by atoms with Crippen LogP contribution in [0.2, 0.25) is 0 Å². The molecule has 24 heavy (non-hydrogen) atoms. The summed E-state index contributed by atoms with van der Waals surface area (Å²) in [5.41, 5.74) is 1.97. The van der Waals surface area contributed by atoms with Gasteiger partial charge in [-0.1, -0.05) is 6.07 Å². The molecule has 0 heterocycles. The van der Waals surface area contributed by atoms with Crippen LogP contribution in [0.25, 0.3) is 0 Å². The van der Waals surface area contributed by atoms with Crippen LogP contribution in [-0.4, -0.2) is 24.2 Å². The van der Waals surface area contributed by atoms with Crippen LogP contribution < -0.4 is 16.0 Å². The van der Waals surface area contributed by atoms with Crippen molar-refractivity contribution in [3.63, 3.8) is 0 Å². The highest BCUT2D eigenvalue weighted by molar-refractivity contribution is 7.98. The number of carbonyl (C=O) groups is 2. The third kappa shape index (κ3) is 4.52. The van der Waals surface area contributed by atoms with Crippen LogP contribution in [0.5, 0.6) is 0 Å². The van der Waals surface area contributed by atoms with Gasteiger partial charge in [0.25, 0.3) is 5.91 Å². The molecule has 1 aliphatic rings. The average molecular weight is 341 g/mol. The molecule has 0 aliphatic heterocycles. The van der Waals surface area contributed by atoms with Gasteiger partial charge in [-0.3, -0.25) is 4.79 Å². The zero-order valence-electron chi connectivity index (χ0n) is 13.3. The van der Waals surface area contributed by atoms with Gasteiger partial charge in [0.1, 0.15) is 0 Å². The summed E-state index contributed by atoms with van der Waals surface area (Å²) < 4.78 is 0. The smallest absolute Gasteiger partial charge is 0.323 e. The molecule has 1 aliphatic carbocycles. The summed E-state index contributed by atoms with van der Waals surface area (Å²) in [6, 6.07) is 14.5. The van der Waals surface area contributed by atoms with Crippen LogP contribution >= 0.6 is 11.8 Å². The number of thioether (sulfide) groups is 1. The Morgan fingerprint density at radius 2 is 1.71 bits per heavy atom. The summed E-state index contributed by atoms with van der Waals surface area (Å²) in [5, 5.41) is 8.49. The molecule has 0 radical (unpaired) electrons. The van der Waals surface area contributed by atoms with E-state index in [1.54, 1.807) is 36.0 Å². The van der Waals surface area contributed by atoms with E-state index in [0.717, 1.165) is 23.4 Å². The van der Waals surface area contributed by atoms with E-state index < -0.39 is 0 Å². The van der Waals surface area contributed by atoms with Crippen molar-refractivity contribution in [3.05, 3.63) is 54.1 Å². The number of amides is 3. The first-order valence-electron chi connectivity index (χ1n) is 7.77. The molecule has 3 N–H and O–H groups in total. The Hall–Kier alpha value is -2.47. The number of urea groups is 1. The summed E-state index contributed by atoms with van der Waals surface area (Å²) in [7, 11) is 0. The van der Waals surface area contributed by atoms with Gasteiger partial charge in [-0.15, -0.1) is 11.8 Å². The predicted octanol–water partition coefficient (Wildman–Crippen LogP) is 3.94. The second kappa shape index (κ2) is 7.40. The lowest BCUT2D eigenvalue weighted by Crippen LogP contribution is -2.25. The zero-order valence-corrected chi connectivity index (χ0v) is 14.2. The molecule has 0 unspecified atom stereocenters. The van der Waals surface area contributed by atoms with Crippen molar-refractivity contribution in [1.29, 1.82) is 0 Å². The van der Waals surface area contributed by atoms with E-state index in [4.69, 9.17) is 0 Å². The topological polar surface area (TPSA) is 70.2 Å². The molecule has 0 atom stereocenters. The molecular weight excluding hydrogens is 322 g/mol. The number of rotatable bonds is 5. The number of nitrogens with one attached hydrogen (secondary N) is 3. The average Bonchev–Trinajstić information content (AvgIpc) is 3.39. The van der Waals surface area contributed by atoms with Crippen molar-refractivity contribution < 1.29 is 9.59 Å². The van der Waals surface area contributed by atoms with Gasteiger partial charge in [-0.25, -0.2) is 4.79 Å². The van der Waals surface area contributed by atoms with Gasteiger partial charge in [0, 0.05) is 27.9 Å². The lowest BCUT2D eigenvalue weighted by Gasteiger charge is -2.09. The third-order valence-corrected chi connectivity index (χ3v) is 4.37. The highest BCUT2D eigenvalue weighted by atomic mass is 32.2. The Morgan fingerprint density at radius 1 is 1.00 bits per heavy atom. The van der Waals surface area contributed by atoms with Gasteiger partial charge < -0.3 is 16.0 Å². The van der Waals surface area contributed by atoms with Crippen LogP contribution in [0.15, 0.2) is 53.4 Å². The molecule has 0 aromatic heterocycles. The first kappa shape index (κ1) is 16.4. The maximum absolute atomic E-state index is 12.0. The van der Waals surface area contributed by atoms with Gasteiger partial charge in [0.15, 0.2) is 0 Å². The lowest BCUT2D eigenvalue weighted by atomic mass is 10.2. The minimum absolute atomic E-state index is 0.0672. The molecule has 0 saturated heterocycles. The first-order valence-corrected chi connectivity index (χ1v) is 8.99. The van der Waals surface area contributed by atoms with Crippen LogP contribution in [0.1, 0.15) is 23.2 Å². The zero-order chi connectivity index (χ0) is 16.9. The van der Waals surface area contributed by atoms with Gasteiger partial charge in [-0.05, 0) is 61.6 Å². The quantitative estimate of drug-likeness (QED) is 0.721. The maximum Gasteiger partial charge on any atom is 0.323 e. The van der Waals surface area contributed by atoms with Crippen LogP contribution in [0.4, 0.5) is 16.2 Å². The van der Waals surface area contributed by atoms with Gasteiger partial charge >= 0.3 is 6.03 Å². The Kier molecular flexibility index (Phi) is 5.05. The summed E-state index contributed by atoms with van der Waals surface area (Å²) in [5.74, 6) is -0.0672. The number of hydrogen-bond donors (Lipinski definition) is 3. The molecule has 0 spiro atoms. The Labute approximate surface area is 145 Å². The molecule has 124 valence electrons. The number of benzene rings is 2. The van der Waals surface area contributed by atoms with E-state index in [9.17, 15) is 9.59 Å². The fourth-order valence-corrected chi connectivity index (χ4v) is 2.66. The van der Waals surface area contributed by atoms with Crippen molar-refractivity contribution in [3.8, 4) is 0 Å². The van der Waals surface area contributed by atoms with Crippen molar-refractivity contribution in [2.75, 3.05) is 16.9 Å². The second-order valence-corrected chi connectivity index (χ2v) is 6.52. The normalized spacial score (nSPS) is 13.2. The van der Waals surface area contributed by atoms with Crippen LogP contribution in [0, 0.1) is 0 Å². The van der Waals surface area contributed by atoms with E-state index in [-0.39, 0.29) is 11.9 Å². The molecule has 0 bridgehead atoms. The molecule has 2 aromatic rings. The molecule has 6 heteroatoms. The van der Waals surface area contributed by atoms with Crippen LogP contribution in [0.3, 0.4) is 0 Å². The molecule has 2 aromatic carbocycles. The van der Waals surface area contributed by atoms with Crippen molar-refractivity contribution in [1.82, 2.24) is 5.32 Å². The Bertz CT molecular complexity index is 742. The van der Waals surface area contributed by atoms with Gasteiger partial charge in [-0.2, -0.15) is 0 Å². The van der Waals surface area contributed by atoms with Gasteiger partial charge in [0.05, 0.1) is 0 Å². The fourth-order valence-electron chi connectivity index (χ4n) is 2.20. The molecule has 3 rings (SSSR count). The van der Waals surface area contributed by atoms with Crippen molar-refractivity contribution >= 4 is 35.1 Å². The number of hydrogen-bond acceptors (Lipinski definition) is 3. The van der Waals surface area contributed by atoms with Gasteiger partial charge in [0.2, 0.25) is 0 Å². The van der Waals surface area contributed by atoms with E-state index in [0.29, 0.717) is 17.3 Å². The van der Waals surface area contributed by atoms with E-state index >= 15 is 0 Å². The van der Waals surface area contributed by atoms with Crippen LogP contribution in [-0.2, 0) is 0 Å². The molecule has 5 nitrogen and oxygen atoms in total. The monoisotopic (exact) mass is 341 g/mol. The lowest BCUT2D eigenvalue weighted by molar-refractivity contribution is 0.0951. The SMILES string of the molecule is CSc1cccc(NC(=O)Nc2ccc(C(=O)NC3CC3)cc2)c1. The van der Waals surface area contributed by atoms with E-state index in [1.165, 1.54) is 0 Å². The summed E-state index contributed by atoms with van der Waals surface area (Å²) in [4.78, 5) is 25.0. The summed E-state index contributed by atoms with van der Waals surface area (Å²) in [6.45, 7) is 0. The fraction of sp³-hybridized carbons (Fsp3) is 0.222. The molecule has 1 fully saturated rings. The molecular formula is C18H19N3O2S. The largest absolute Gasteiger partial charge is 0.349 e. The van der Waals surface area contributed by atoms with E-state index in [1.807, 2.05) is 30.5 Å². The minimum Gasteiger partial charge on any atom is -0.349 e. The Balaban J connectivity index is 1.56. The highest BCUT2D eigenvalue weighted by Gasteiger charge is 2.23. The standard InChI is InChI=1S/C18H19N3O2S/c1-24-16-4-2-3-15(11-16)21-18(23)20-14-7-5-12(6-8-14)17(22)19-13-9-10-13/h2-8,11,13H,9-10H2,1H3,(H,19,22)(H2,20,21,23). The molecule has 1 saturated carbocycles. The third-order valence-electron chi connectivity index (χ3n) is 3.65.